The molecule has 136 valence electrons. The van der Waals surface area contributed by atoms with E-state index in [1.165, 1.54) is 25.1 Å². The third-order valence-corrected chi connectivity index (χ3v) is 4.15. The van der Waals surface area contributed by atoms with Gasteiger partial charge < -0.3 is 15.5 Å². The summed E-state index contributed by atoms with van der Waals surface area (Å²) in [6, 6.07) is 7.01. The van der Waals surface area contributed by atoms with Gasteiger partial charge in [-0.05, 0) is 50.4 Å². The van der Waals surface area contributed by atoms with Crippen LogP contribution < -0.4 is 10.6 Å². The fourth-order valence-electron chi connectivity index (χ4n) is 2.89. The summed E-state index contributed by atoms with van der Waals surface area (Å²) in [5.74, 6) is 0.646. The molecule has 0 saturated carbocycles. The van der Waals surface area contributed by atoms with Crippen LogP contribution in [0.1, 0.15) is 38.7 Å². The van der Waals surface area contributed by atoms with Gasteiger partial charge in [-0.2, -0.15) is 0 Å². The van der Waals surface area contributed by atoms with Crippen LogP contribution >= 0.6 is 24.0 Å². The zero-order valence-corrected chi connectivity index (χ0v) is 17.1. The molecule has 0 spiro atoms. The van der Waals surface area contributed by atoms with Crippen LogP contribution in [-0.2, 0) is 6.54 Å². The molecule has 0 bridgehead atoms. The molecule has 1 aromatic rings. The minimum Gasteiger partial charge on any atom is -0.357 e. The standard InChI is InChI=1S/C18H29FN4.HI/c1-3-11-23-12-9-17(10-13-23)22-18(20-4-2)21-14-15-5-7-16(19)8-6-15;/h5-8,17H,3-4,9-14H2,1-2H3,(H2,20,21,22);1H. The zero-order chi connectivity index (χ0) is 16.5. The van der Waals surface area contributed by atoms with Gasteiger partial charge in [0.25, 0.3) is 0 Å². The fraction of sp³-hybridized carbons (Fsp3) is 0.611. The summed E-state index contributed by atoms with van der Waals surface area (Å²) in [6.07, 6.45) is 3.53. The summed E-state index contributed by atoms with van der Waals surface area (Å²) < 4.78 is 12.9. The molecule has 0 aliphatic carbocycles. The van der Waals surface area contributed by atoms with E-state index in [4.69, 9.17) is 0 Å². The van der Waals surface area contributed by atoms with Gasteiger partial charge in [-0.1, -0.05) is 19.1 Å². The average Bonchev–Trinajstić information content (AvgIpc) is 2.56. The average molecular weight is 448 g/mol. The van der Waals surface area contributed by atoms with E-state index in [0.29, 0.717) is 12.6 Å². The maximum Gasteiger partial charge on any atom is 0.191 e. The first-order chi connectivity index (χ1) is 11.2. The summed E-state index contributed by atoms with van der Waals surface area (Å²) in [5, 5.41) is 6.84. The van der Waals surface area contributed by atoms with E-state index < -0.39 is 0 Å². The number of nitrogens with zero attached hydrogens (tertiary/aromatic N) is 2. The predicted molar refractivity (Wildman–Crippen MR) is 110 cm³/mol. The molecule has 1 aromatic carbocycles. The molecule has 2 N–H and O–H groups in total. The Labute approximate surface area is 162 Å². The smallest absolute Gasteiger partial charge is 0.191 e. The molecule has 24 heavy (non-hydrogen) atoms. The van der Waals surface area contributed by atoms with Gasteiger partial charge in [0.2, 0.25) is 0 Å². The molecule has 0 unspecified atom stereocenters. The Morgan fingerprint density at radius 3 is 2.46 bits per heavy atom. The molecular weight excluding hydrogens is 418 g/mol. The lowest BCUT2D eigenvalue weighted by atomic mass is 10.1. The van der Waals surface area contributed by atoms with E-state index in [-0.39, 0.29) is 29.8 Å². The van der Waals surface area contributed by atoms with Crippen molar-refractivity contribution >= 4 is 29.9 Å². The quantitative estimate of drug-likeness (QED) is 0.398. The number of halogens is 2. The second kappa shape index (κ2) is 11.6. The molecular formula is C18H30FIN4. The van der Waals surface area contributed by atoms with E-state index in [9.17, 15) is 4.39 Å². The van der Waals surface area contributed by atoms with Crippen LogP contribution in [0.25, 0.3) is 0 Å². The Bertz CT molecular complexity index is 484. The van der Waals surface area contributed by atoms with E-state index >= 15 is 0 Å². The van der Waals surface area contributed by atoms with Crippen molar-refractivity contribution in [2.75, 3.05) is 26.2 Å². The number of rotatable bonds is 6. The molecule has 0 atom stereocenters. The SMILES string of the molecule is CCCN1CCC(NC(=NCc2ccc(F)cc2)NCC)CC1.I. The van der Waals surface area contributed by atoms with E-state index in [0.717, 1.165) is 44.0 Å². The molecule has 6 heteroatoms. The van der Waals surface area contributed by atoms with Gasteiger partial charge in [-0.15, -0.1) is 24.0 Å². The number of hydrogen-bond acceptors (Lipinski definition) is 2. The lowest BCUT2D eigenvalue weighted by molar-refractivity contribution is 0.206. The van der Waals surface area contributed by atoms with Crippen molar-refractivity contribution in [2.45, 2.75) is 45.7 Å². The summed E-state index contributed by atoms with van der Waals surface area (Å²) >= 11 is 0. The minimum absolute atomic E-state index is 0. The Balaban J connectivity index is 0.00000288. The van der Waals surface area contributed by atoms with Crippen LogP contribution in [0.4, 0.5) is 4.39 Å². The lowest BCUT2D eigenvalue weighted by Crippen LogP contribution is -2.48. The zero-order valence-electron chi connectivity index (χ0n) is 14.7. The molecule has 1 heterocycles. The Hall–Kier alpha value is -0.890. The molecule has 0 amide bonds. The normalized spacial score (nSPS) is 16.5. The number of piperidine rings is 1. The molecule has 0 aromatic heterocycles. The highest BCUT2D eigenvalue weighted by atomic mass is 127. The van der Waals surface area contributed by atoms with Gasteiger partial charge in [-0.25, -0.2) is 9.38 Å². The number of likely N-dealkylation sites (tertiary alicyclic amines) is 1. The Kier molecular flexibility index (Phi) is 10.2. The van der Waals surface area contributed by atoms with Gasteiger partial charge >= 0.3 is 0 Å². The maximum atomic E-state index is 12.9. The van der Waals surface area contributed by atoms with Crippen molar-refractivity contribution in [2.24, 2.45) is 4.99 Å². The van der Waals surface area contributed by atoms with E-state index in [1.54, 1.807) is 12.1 Å². The van der Waals surface area contributed by atoms with Gasteiger partial charge in [-0.3, -0.25) is 0 Å². The molecule has 2 rings (SSSR count). The molecule has 1 aliphatic rings. The molecule has 4 nitrogen and oxygen atoms in total. The predicted octanol–water partition coefficient (Wildman–Crippen LogP) is 3.37. The summed E-state index contributed by atoms with van der Waals surface area (Å²) in [6.45, 7) is 9.21. The second-order valence-electron chi connectivity index (χ2n) is 6.08. The van der Waals surface area contributed by atoms with Crippen molar-refractivity contribution in [1.29, 1.82) is 0 Å². The van der Waals surface area contributed by atoms with Crippen LogP contribution in [0.2, 0.25) is 0 Å². The number of nitrogens with one attached hydrogen (secondary N) is 2. The summed E-state index contributed by atoms with van der Waals surface area (Å²) in [7, 11) is 0. The van der Waals surface area contributed by atoms with Gasteiger partial charge in [0.15, 0.2) is 5.96 Å². The van der Waals surface area contributed by atoms with Crippen LogP contribution in [0, 0.1) is 5.82 Å². The second-order valence-corrected chi connectivity index (χ2v) is 6.08. The van der Waals surface area contributed by atoms with Crippen molar-refractivity contribution in [3.63, 3.8) is 0 Å². The monoisotopic (exact) mass is 448 g/mol. The molecule has 0 radical (unpaired) electrons. The third kappa shape index (κ3) is 7.34. The third-order valence-electron chi connectivity index (χ3n) is 4.15. The number of aliphatic imine (C=N–C) groups is 1. The first-order valence-corrected chi connectivity index (χ1v) is 8.73. The van der Waals surface area contributed by atoms with Crippen LogP contribution in [-0.4, -0.2) is 43.1 Å². The highest BCUT2D eigenvalue weighted by Gasteiger charge is 2.19. The van der Waals surface area contributed by atoms with E-state index in [2.05, 4.69) is 34.4 Å². The molecule has 1 fully saturated rings. The van der Waals surface area contributed by atoms with Crippen molar-refractivity contribution in [3.05, 3.63) is 35.6 Å². The van der Waals surface area contributed by atoms with E-state index in [1.807, 2.05) is 0 Å². The van der Waals surface area contributed by atoms with Gasteiger partial charge in [0, 0.05) is 25.7 Å². The van der Waals surface area contributed by atoms with Crippen molar-refractivity contribution in [3.8, 4) is 0 Å². The summed E-state index contributed by atoms with van der Waals surface area (Å²) in [4.78, 5) is 7.15. The number of benzene rings is 1. The van der Waals surface area contributed by atoms with Crippen molar-refractivity contribution in [1.82, 2.24) is 15.5 Å². The number of guanidine groups is 1. The highest BCUT2D eigenvalue weighted by molar-refractivity contribution is 14.0. The van der Waals surface area contributed by atoms with Gasteiger partial charge in [0.1, 0.15) is 5.82 Å². The summed E-state index contributed by atoms with van der Waals surface area (Å²) in [5.41, 5.74) is 1.02. The lowest BCUT2D eigenvalue weighted by Gasteiger charge is -2.32. The Morgan fingerprint density at radius 2 is 1.88 bits per heavy atom. The largest absolute Gasteiger partial charge is 0.357 e. The molecule has 1 aliphatic heterocycles. The fourth-order valence-corrected chi connectivity index (χ4v) is 2.89. The Morgan fingerprint density at radius 1 is 1.21 bits per heavy atom. The first kappa shape index (κ1) is 21.2. The maximum absolute atomic E-state index is 12.9. The van der Waals surface area contributed by atoms with Crippen LogP contribution in [0.15, 0.2) is 29.3 Å². The van der Waals surface area contributed by atoms with Gasteiger partial charge in [0.05, 0.1) is 6.54 Å². The topological polar surface area (TPSA) is 39.7 Å². The molecule has 1 saturated heterocycles. The number of hydrogen-bond donors (Lipinski definition) is 2. The minimum atomic E-state index is -0.207. The first-order valence-electron chi connectivity index (χ1n) is 8.73. The van der Waals surface area contributed by atoms with Crippen molar-refractivity contribution < 1.29 is 4.39 Å². The highest BCUT2D eigenvalue weighted by Crippen LogP contribution is 2.10. The van der Waals surface area contributed by atoms with Crippen LogP contribution in [0.5, 0.6) is 0 Å². The van der Waals surface area contributed by atoms with Crippen LogP contribution in [0.3, 0.4) is 0 Å².